The van der Waals surface area contributed by atoms with Crippen molar-refractivity contribution in [2.75, 3.05) is 11.9 Å². The molecule has 8 nitrogen and oxygen atoms in total. The van der Waals surface area contributed by atoms with Gasteiger partial charge < -0.3 is 15.8 Å². The van der Waals surface area contributed by atoms with Gasteiger partial charge in [0, 0.05) is 23.2 Å². The minimum atomic E-state index is -1.07. The van der Waals surface area contributed by atoms with Gasteiger partial charge in [-0.3, -0.25) is 14.9 Å². The number of nitrogens with zero attached hydrogens (tertiary/aromatic N) is 1. The Balaban J connectivity index is 1.68. The Labute approximate surface area is 158 Å². The summed E-state index contributed by atoms with van der Waals surface area (Å²) >= 11 is 3.20. The molecule has 26 heavy (non-hydrogen) atoms. The van der Waals surface area contributed by atoms with E-state index >= 15 is 0 Å². The summed E-state index contributed by atoms with van der Waals surface area (Å²) in [5.41, 5.74) is 5.77. The molecule has 4 N–H and O–H groups in total. The van der Waals surface area contributed by atoms with E-state index in [1.807, 2.05) is 16.8 Å². The van der Waals surface area contributed by atoms with Crippen molar-refractivity contribution in [2.24, 2.45) is 5.73 Å². The highest BCUT2D eigenvalue weighted by molar-refractivity contribution is 7.16. The largest absolute Gasteiger partial charge is 0.453 e. The average Bonchev–Trinajstić information content (AvgIpc) is 3.19. The number of anilines is 1. The summed E-state index contributed by atoms with van der Waals surface area (Å²) in [6.07, 6.45) is -0.404. The zero-order valence-electron chi connectivity index (χ0n) is 14.4. The summed E-state index contributed by atoms with van der Waals surface area (Å²) in [6, 6.07) is 3.12. The molecule has 0 fully saturated rings. The van der Waals surface area contributed by atoms with Crippen LogP contribution < -0.4 is 16.4 Å². The normalized spacial score (nSPS) is 11.6. The van der Waals surface area contributed by atoms with E-state index in [-0.39, 0.29) is 6.42 Å². The van der Waals surface area contributed by atoms with E-state index < -0.39 is 24.0 Å². The third kappa shape index (κ3) is 6.12. The molecule has 2 heterocycles. The average molecular weight is 396 g/mol. The Morgan fingerprint density at radius 2 is 2.12 bits per heavy atom. The summed E-state index contributed by atoms with van der Waals surface area (Å²) in [6.45, 7) is 3.97. The number of esters is 1. The molecule has 0 radical (unpaired) electrons. The van der Waals surface area contributed by atoms with Gasteiger partial charge in [-0.25, -0.2) is 9.78 Å². The first kappa shape index (κ1) is 19.9. The number of nitrogens with two attached hydrogens (primary N) is 1. The van der Waals surface area contributed by atoms with E-state index in [9.17, 15) is 14.4 Å². The molecule has 0 aromatic carbocycles. The highest BCUT2D eigenvalue weighted by Crippen LogP contribution is 2.30. The standard InChI is InChI=1S/C16H20N4O4S2/c1-9-5-6-12(26-9)11-8-25-16(19-11)18-7-3-4-13(21)24-10(2)14(22)20-15(17)23/h5-6,8,10H,3-4,7H2,1-2H3,(H,18,19)(H3,17,20,22,23). The number of aryl methyl sites for hydroxylation is 1. The van der Waals surface area contributed by atoms with Crippen LogP contribution >= 0.6 is 22.7 Å². The van der Waals surface area contributed by atoms with E-state index in [0.717, 1.165) is 15.7 Å². The van der Waals surface area contributed by atoms with Crippen molar-refractivity contribution in [1.82, 2.24) is 10.3 Å². The molecule has 0 aliphatic carbocycles. The van der Waals surface area contributed by atoms with Crippen LogP contribution in [0.15, 0.2) is 17.5 Å². The Bertz CT molecular complexity index is 787. The molecule has 0 spiro atoms. The molecular weight excluding hydrogens is 376 g/mol. The number of hydrogen-bond acceptors (Lipinski definition) is 8. The van der Waals surface area contributed by atoms with Crippen LogP contribution in [0.2, 0.25) is 0 Å². The van der Waals surface area contributed by atoms with Crippen molar-refractivity contribution in [2.45, 2.75) is 32.8 Å². The van der Waals surface area contributed by atoms with Crippen molar-refractivity contribution in [1.29, 1.82) is 0 Å². The molecule has 140 valence electrons. The highest BCUT2D eigenvalue weighted by Gasteiger charge is 2.18. The number of carbonyl (C=O) groups is 3. The SMILES string of the molecule is Cc1ccc(-c2csc(NCCCC(=O)OC(C)C(=O)NC(N)=O)n2)s1. The number of urea groups is 1. The first-order valence-electron chi connectivity index (χ1n) is 7.91. The summed E-state index contributed by atoms with van der Waals surface area (Å²) in [5, 5.41) is 7.79. The molecule has 2 aromatic heterocycles. The molecule has 3 amide bonds. The van der Waals surface area contributed by atoms with Crippen molar-refractivity contribution in [3.05, 3.63) is 22.4 Å². The topological polar surface area (TPSA) is 123 Å². The second-order valence-corrected chi connectivity index (χ2v) is 7.61. The maximum Gasteiger partial charge on any atom is 0.318 e. The smallest absolute Gasteiger partial charge is 0.318 e. The monoisotopic (exact) mass is 396 g/mol. The molecule has 0 bridgehead atoms. The quantitative estimate of drug-likeness (QED) is 0.465. The second-order valence-electron chi connectivity index (χ2n) is 5.46. The molecule has 2 rings (SSSR count). The fourth-order valence-corrected chi connectivity index (χ4v) is 3.64. The van der Waals surface area contributed by atoms with Crippen LogP contribution in [-0.2, 0) is 14.3 Å². The van der Waals surface area contributed by atoms with Gasteiger partial charge in [-0.1, -0.05) is 0 Å². The molecule has 1 atom stereocenters. The number of thiazole rings is 1. The first-order valence-corrected chi connectivity index (χ1v) is 9.60. The number of nitrogens with one attached hydrogen (secondary N) is 2. The van der Waals surface area contributed by atoms with Gasteiger partial charge in [0.1, 0.15) is 0 Å². The number of primary amides is 1. The number of hydrogen-bond donors (Lipinski definition) is 3. The molecule has 0 aliphatic heterocycles. The number of thiophene rings is 1. The molecule has 1 unspecified atom stereocenters. The van der Waals surface area contributed by atoms with Gasteiger partial charge in [-0.2, -0.15) is 0 Å². The summed E-state index contributed by atoms with van der Waals surface area (Å²) in [7, 11) is 0. The maximum atomic E-state index is 11.7. The number of aromatic nitrogens is 1. The third-order valence-corrected chi connectivity index (χ3v) is 5.08. The molecular formula is C16H20N4O4S2. The molecule has 10 heteroatoms. The van der Waals surface area contributed by atoms with E-state index in [4.69, 9.17) is 10.5 Å². The van der Waals surface area contributed by atoms with Crippen LogP contribution in [0, 0.1) is 6.92 Å². The predicted octanol–water partition coefficient (Wildman–Crippen LogP) is 2.50. The summed E-state index contributed by atoms with van der Waals surface area (Å²) in [4.78, 5) is 40.6. The predicted molar refractivity (Wildman–Crippen MR) is 101 cm³/mol. The van der Waals surface area contributed by atoms with E-state index in [1.165, 1.54) is 23.1 Å². The highest BCUT2D eigenvalue weighted by atomic mass is 32.1. The van der Waals surface area contributed by atoms with Gasteiger partial charge in [0.05, 0.1) is 10.6 Å². The van der Waals surface area contributed by atoms with E-state index in [0.29, 0.717) is 13.0 Å². The lowest BCUT2D eigenvalue weighted by Gasteiger charge is -2.11. The van der Waals surface area contributed by atoms with Crippen molar-refractivity contribution in [3.8, 4) is 10.6 Å². The Hall–Kier alpha value is -2.46. The van der Waals surface area contributed by atoms with Crippen LogP contribution in [-0.4, -0.2) is 35.5 Å². The zero-order valence-corrected chi connectivity index (χ0v) is 16.0. The first-order chi connectivity index (χ1) is 12.3. The van der Waals surface area contributed by atoms with Gasteiger partial charge in [0.15, 0.2) is 11.2 Å². The minimum Gasteiger partial charge on any atom is -0.453 e. The third-order valence-electron chi connectivity index (χ3n) is 3.25. The number of imide groups is 1. The number of rotatable bonds is 8. The summed E-state index contributed by atoms with van der Waals surface area (Å²) in [5.74, 6) is -1.27. The van der Waals surface area contributed by atoms with Crippen LogP contribution in [0.1, 0.15) is 24.6 Å². The fourth-order valence-electron chi connectivity index (χ4n) is 2.00. The van der Waals surface area contributed by atoms with Gasteiger partial charge in [-0.15, -0.1) is 22.7 Å². The lowest BCUT2D eigenvalue weighted by Crippen LogP contribution is -2.42. The minimum absolute atomic E-state index is 0.142. The zero-order chi connectivity index (χ0) is 19.1. The Morgan fingerprint density at radius 3 is 2.77 bits per heavy atom. The van der Waals surface area contributed by atoms with Crippen LogP contribution in [0.4, 0.5) is 9.93 Å². The molecule has 0 saturated heterocycles. The Morgan fingerprint density at radius 1 is 1.35 bits per heavy atom. The van der Waals surface area contributed by atoms with Crippen molar-refractivity contribution in [3.63, 3.8) is 0 Å². The Kier molecular flexibility index (Phi) is 7.10. The lowest BCUT2D eigenvalue weighted by molar-refractivity contribution is -0.154. The lowest BCUT2D eigenvalue weighted by atomic mass is 10.3. The van der Waals surface area contributed by atoms with E-state index in [2.05, 4.69) is 23.3 Å². The summed E-state index contributed by atoms with van der Waals surface area (Å²) < 4.78 is 4.93. The van der Waals surface area contributed by atoms with E-state index in [1.54, 1.807) is 11.3 Å². The van der Waals surface area contributed by atoms with Crippen LogP contribution in [0.3, 0.4) is 0 Å². The molecule has 2 aromatic rings. The molecule has 0 saturated carbocycles. The van der Waals surface area contributed by atoms with Crippen LogP contribution in [0.5, 0.6) is 0 Å². The van der Waals surface area contributed by atoms with Gasteiger partial charge >= 0.3 is 12.0 Å². The van der Waals surface area contributed by atoms with Crippen molar-refractivity contribution >= 4 is 45.7 Å². The maximum absolute atomic E-state index is 11.7. The van der Waals surface area contributed by atoms with Crippen LogP contribution in [0.25, 0.3) is 10.6 Å². The number of carbonyl (C=O) groups excluding carboxylic acids is 3. The van der Waals surface area contributed by atoms with Gasteiger partial charge in [0.25, 0.3) is 5.91 Å². The van der Waals surface area contributed by atoms with Gasteiger partial charge in [0.2, 0.25) is 0 Å². The second kappa shape index (κ2) is 9.30. The number of amides is 3. The van der Waals surface area contributed by atoms with Crippen molar-refractivity contribution < 1.29 is 19.1 Å². The van der Waals surface area contributed by atoms with Gasteiger partial charge in [-0.05, 0) is 32.4 Å². The number of ether oxygens (including phenoxy) is 1. The fraction of sp³-hybridized carbons (Fsp3) is 0.375. The molecule has 0 aliphatic rings.